The van der Waals surface area contributed by atoms with Gasteiger partial charge in [-0.3, -0.25) is 0 Å². The van der Waals surface area contributed by atoms with Gasteiger partial charge in [0.05, 0.1) is 0 Å². The van der Waals surface area contributed by atoms with E-state index in [1.165, 1.54) is 11.1 Å². The van der Waals surface area contributed by atoms with Crippen LogP contribution in [0.4, 0.5) is 0 Å². The molecule has 0 atom stereocenters. The van der Waals surface area contributed by atoms with Gasteiger partial charge in [-0.15, -0.1) is 0 Å². The van der Waals surface area contributed by atoms with Crippen molar-refractivity contribution in [3.8, 4) is 5.75 Å². The molecule has 106 valence electrons. The summed E-state index contributed by atoms with van der Waals surface area (Å²) in [5.41, 5.74) is 3.63. The number of hydrogen-bond donors (Lipinski definition) is 1. The van der Waals surface area contributed by atoms with Gasteiger partial charge >= 0.3 is 0 Å². The SMILES string of the molecule is CCNCc1cc(C)ccc1OCc1cccc(Br)c1. The van der Waals surface area contributed by atoms with Crippen molar-refractivity contribution >= 4 is 15.9 Å². The van der Waals surface area contributed by atoms with Crippen LogP contribution >= 0.6 is 15.9 Å². The highest BCUT2D eigenvalue weighted by molar-refractivity contribution is 9.10. The monoisotopic (exact) mass is 333 g/mol. The van der Waals surface area contributed by atoms with Gasteiger partial charge in [0, 0.05) is 16.6 Å². The fourth-order valence-corrected chi connectivity index (χ4v) is 2.48. The van der Waals surface area contributed by atoms with Crippen molar-refractivity contribution in [2.75, 3.05) is 6.54 Å². The molecule has 0 aliphatic rings. The van der Waals surface area contributed by atoms with Crippen molar-refractivity contribution in [1.29, 1.82) is 0 Å². The lowest BCUT2D eigenvalue weighted by Crippen LogP contribution is -2.13. The van der Waals surface area contributed by atoms with Gasteiger partial charge in [-0.2, -0.15) is 0 Å². The smallest absolute Gasteiger partial charge is 0.124 e. The van der Waals surface area contributed by atoms with Crippen LogP contribution in [-0.4, -0.2) is 6.54 Å². The molecule has 2 aromatic carbocycles. The number of nitrogens with one attached hydrogen (secondary N) is 1. The van der Waals surface area contributed by atoms with E-state index in [9.17, 15) is 0 Å². The normalized spacial score (nSPS) is 10.6. The molecule has 0 fully saturated rings. The van der Waals surface area contributed by atoms with Crippen molar-refractivity contribution in [1.82, 2.24) is 5.32 Å². The minimum absolute atomic E-state index is 0.585. The first-order valence-electron chi connectivity index (χ1n) is 6.86. The predicted octanol–water partition coefficient (Wildman–Crippen LogP) is 4.45. The zero-order valence-corrected chi connectivity index (χ0v) is 13.5. The summed E-state index contributed by atoms with van der Waals surface area (Å²) in [7, 11) is 0. The Hall–Kier alpha value is -1.32. The van der Waals surface area contributed by atoms with E-state index in [1.807, 2.05) is 12.1 Å². The molecule has 2 aromatic rings. The Balaban J connectivity index is 2.08. The highest BCUT2D eigenvalue weighted by Crippen LogP contribution is 2.22. The maximum Gasteiger partial charge on any atom is 0.124 e. The number of halogens is 1. The second-order valence-corrected chi connectivity index (χ2v) is 5.73. The van der Waals surface area contributed by atoms with E-state index < -0.39 is 0 Å². The van der Waals surface area contributed by atoms with Crippen LogP contribution in [-0.2, 0) is 13.2 Å². The van der Waals surface area contributed by atoms with Gasteiger partial charge in [-0.1, -0.05) is 52.7 Å². The average molecular weight is 334 g/mol. The number of aryl methyl sites for hydroxylation is 1. The molecular weight excluding hydrogens is 314 g/mol. The van der Waals surface area contributed by atoms with Crippen LogP contribution < -0.4 is 10.1 Å². The van der Waals surface area contributed by atoms with E-state index in [4.69, 9.17) is 4.74 Å². The van der Waals surface area contributed by atoms with E-state index in [0.29, 0.717) is 6.61 Å². The summed E-state index contributed by atoms with van der Waals surface area (Å²) < 4.78 is 7.05. The lowest BCUT2D eigenvalue weighted by molar-refractivity contribution is 0.302. The molecule has 0 saturated heterocycles. The summed E-state index contributed by atoms with van der Waals surface area (Å²) in [6.45, 7) is 6.60. The molecule has 0 spiro atoms. The van der Waals surface area contributed by atoms with Crippen LogP contribution in [0.1, 0.15) is 23.6 Å². The van der Waals surface area contributed by atoms with Gasteiger partial charge in [-0.05, 0) is 37.2 Å². The van der Waals surface area contributed by atoms with Crippen LogP contribution in [0.3, 0.4) is 0 Å². The summed E-state index contributed by atoms with van der Waals surface area (Å²) in [5.74, 6) is 0.955. The second-order valence-electron chi connectivity index (χ2n) is 4.81. The Morgan fingerprint density at radius 2 is 2.00 bits per heavy atom. The molecule has 0 aliphatic carbocycles. The first kappa shape index (κ1) is 15.1. The minimum Gasteiger partial charge on any atom is -0.489 e. The fraction of sp³-hybridized carbons (Fsp3) is 0.294. The largest absolute Gasteiger partial charge is 0.489 e. The van der Waals surface area contributed by atoms with Crippen LogP contribution in [0, 0.1) is 6.92 Å². The molecular formula is C17H20BrNO. The molecule has 20 heavy (non-hydrogen) atoms. The Bertz CT molecular complexity index is 569. The highest BCUT2D eigenvalue weighted by Gasteiger charge is 2.04. The summed E-state index contributed by atoms with van der Waals surface area (Å²) in [4.78, 5) is 0. The molecule has 0 saturated carbocycles. The summed E-state index contributed by atoms with van der Waals surface area (Å²) in [6.07, 6.45) is 0. The fourth-order valence-electron chi connectivity index (χ4n) is 2.03. The van der Waals surface area contributed by atoms with Gasteiger partial charge in [-0.25, -0.2) is 0 Å². The Morgan fingerprint density at radius 1 is 1.15 bits per heavy atom. The van der Waals surface area contributed by atoms with Gasteiger partial charge in [0.15, 0.2) is 0 Å². The Kier molecular flexibility index (Phi) is 5.62. The molecule has 0 amide bonds. The van der Waals surface area contributed by atoms with Gasteiger partial charge in [0.1, 0.15) is 12.4 Å². The first-order valence-corrected chi connectivity index (χ1v) is 7.66. The standard InChI is InChI=1S/C17H20BrNO/c1-3-19-11-15-9-13(2)7-8-17(15)20-12-14-5-4-6-16(18)10-14/h4-10,19H,3,11-12H2,1-2H3. The lowest BCUT2D eigenvalue weighted by Gasteiger charge is -2.13. The molecule has 2 rings (SSSR count). The van der Waals surface area contributed by atoms with Crippen LogP contribution in [0.5, 0.6) is 5.75 Å². The number of ether oxygens (including phenoxy) is 1. The molecule has 0 radical (unpaired) electrons. The van der Waals surface area contributed by atoms with E-state index in [2.05, 4.69) is 65.4 Å². The highest BCUT2D eigenvalue weighted by atomic mass is 79.9. The third-order valence-corrected chi connectivity index (χ3v) is 3.56. The van der Waals surface area contributed by atoms with Crippen LogP contribution in [0.25, 0.3) is 0 Å². The third kappa shape index (κ3) is 4.36. The Morgan fingerprint density at radius 3 is 2.75 bits per heavy atom. The van der Waals surface area contributed by atoms with Gasteiger partial charge in [0.2, 0.25) is 0 Å². The summed E-state index contributed by atoms with van der Waals surface area (Å²) >= 11 is 3.48. The van der Waals surface area contributed by atoms with E-state index in [1.54, 1.807) is 0 Å². The van der Waals surface area contributed by atoms with Crippen molar-refractivity contribution in [3.63, 3.8) is 0 Å². The lowest BCUT2D eigenvalue weighted by atomic mass is 10.1. The van der Waals surface area contributed by atoms with Crippen molar-refractivity contribution in [2.45, 2.75) is 27.0 Å². The zero-order valence-electron chi connectivity index (χ0n) is 11.9. The quantitative estimate of drug-likeness (QED) is 0.843. The van der Waals surface area contributed by atoms with Crippen molar-refractivity contribution in [2.24, 2.45) is 0 Å². The Labute approximate surface area is 129 Å². The van der Waals surface area contributed by atoms with E-state index in [0.717, 1.165) is 28.9 Å². The first-order chi connectivity index (χ1) is 9.69. The van der Waals surface area contributed by atoms with E-state index in [-0.39, 0.29) is 0 Å². The van der Waals surface area contributed by atoms with Crippen molar-refractivity contribution in [3.05, 3.63) is 63.6 Å². The second kappa shape index (κ2) is 7.46. The number of hydrogen-bond acceptors (Lipinski definition) is 2. The minimum atomic E-state index is 0.585. The third-order valence-electron chi connectivity index (χ3n) is 3.06. The molecule has 3 heteroatoms. The van der Waals surface area contributed by atoms with Gasteiger partial charge in [0.25, 0.3) is 0 Å². The predicted molar refractivity (Wildman–Crippen MR) is 87.0 cm³/mol. The molecule has 1 N–H and O–H groups in total. The topological polar surface area (TPSA) is 21.3 Å². The summed E-state index contributed by atoms with van der Waals surface area (Å²) in [6, 6.07) is 14.5. The molecule has 2 nitrogen and oxygen atoms in total. The average Bonchev–Trinajstić information content (AvgIpc) is 2.44. The maximum atomic E-state index is 5.97. The zero-order chi connectivity index (χ0) is 14.4. The molecule has 0 aliphatic heterocycles. The maximum absolute atomic E-state index is 5.97. The molecule has 0 bridgehead atoms. The molecule has 0 aromatic heterocycles. The van der Waals surface area contributed by atoms with E-state index >= 15 is 0 Å². The van der Waals surface area contributed by atoms with Crippen LogP contribution in [0.2, 0.25) is 0 Å². The van der Waals surface area contributed by atoms with Crippen LogP contribution in [0.15, 0.2) is 46.9 Å². The summed E-state index contributed by atoms with van der Waals surface area (Å²) in [5, 5.41) is 3.35. The number of rotatable bonds is 6. The van der Waals surface area contributed by atoms with Gasteiger partial charge < -0.3 is 10.1 Å². The molecule has 0 unspecified atom stereocenters. The molecule has 0 heterocycles. The number of benzene rings is 2. The van der Waals surface area contributed by atoms with Crippen molar-refractivity contribution < 1.29 is 4.74 Å².